The van der Waals surface area contributed by atoms with Gasteiger partial charge in [-0.05, 0) is 39.0 Å². The van der Waals surface area contributed by atoms with E-state index in [2.05, 4.69) is 30.4 Å². The fraction of sp³-hybridized carbons (Fsp3) is 1.00. The second-order valence-corrected chi connectivity index (χ2v) is 5.36. The molecule has 0 aromatic carbocycles. The molecule has 0 aromatic heterocycles. The zero-order valence-electron chi connectivity index (χ0n) is 9.75. The zero-order chi connectivity index (χ0) is 10.4. The third-order valence-corrected chi connectivity index (χ3v) is 3.56. The van der Waals surface area contributed by atoms with Crippen LogP contribution in [0.4, 0.5) is 0 Å². The molecule has 0 aliphatic heterocycles. The van der Waals surface area contributed by atoms with E-state index >= 15 is 0 Å². The van der Waals surface area contributed by atoms with Crippen molar-refractivity contribution >= 4 is 11.8 Å². The molecule has 3 heteroatoms. The van der Waals surface area contributed by atoms with Gasteiger partial charge < -0.3 is 10.2 Å². The van der Waals surface area contributed by atoms with Crippen LogP contribution in [0, 0.1) is 5.92 Å². The van der Waals surface area contributed by atoms with Gasteiger partial charge in [0.25, 0.3) is 0 Å². The van der Waals surface area contributed by atoms with Crippen LogP contribution in [-0.2, 0) is 0 Å². The van der Waals surface area contributed by atoms with Gasteiger partial charge in [0.05, 0.1) is 0 Å². The largest absolute Gasteiger partial charge is 0.313 e. The van der Waals surface area contributed by atoms with Gasteiger partial charge in [-0.1, -0.05) is 0 Å². The lowest BCUT2D eigenvalue weighted by molar-refractivity contribution is 0.339. The van der Waals surface area contributed by atoms with Crippen molar-refractivity contribution in [2.75, 3.05) is 38.7 Å². The summed E-state index contributed by atoms with van der Waals surface area (Å²) in [6.07, 6.45) is 5.05. The zero-order valence-corrected chi connectivity index (χ0v) is 10.6. The van der Waals surface area contributed by atoms with E-state index in [-0.39, 0.29) is 0 Å². The molecule has 0 amide bonds. The Hall–Kier alpha value is 0.270. The molecule has 1 aliphatic carbocycles. The van der Waals surface area contributed by atoms with Crippen molar-refractivity contribution in [2.45, 2.75) is 25.8 Å². The van der Waals surface area contributed by atoms with Crippen LogP contribution in [0.3, 0.4) is 0 Å². The molecule has 0 saturated heterocycles. The SMILES string of the molecule is CSCCN(C)CCNC(C)C1CC1. The van der Waals surface area contributed by atoms with E-state index in [1.807, 2.05) is 11.8 Å². The number of nitrogens with one attached hydrogen (secondary N) is 1. The highest BCUT2D eigenvalue weighted by Gasteiger charge is 2.27. The van der Waals surface area contributed by atoms with E-state index in [9.17, 15) is 0 Å². The molecule has 1 N–H and O–H groups in total. The summed E-state index contributed by atoms with van der Waals surface area (Å²) in [5, 5.41) is 3.60. The Bertz CT molecular complexity index is 148. The number of hydrogen-bond donors (Lipinski definition) is 1. The molecule has 0 heterocycles. The van der Waals surface area contributed by atoms with Crippen molar-refractivity contribution in [3.63, 3.8) is 0 Å². The van der Waals surface area contributed by atoms with Gasteiger partial charge in [0.1, 0.15) is 0 Å². The maximum Gasteiger partial charge on any atom is 0.0104 e. The summed E-state index contributed by atoms with van der Waals surface area (Å²) in [4.78, 5) is 2.41. The average molecular weight is 216 g/mol. The predicted molar refractivity (Wildman–Crippen MR) is 66.1 cm³/mol. The van der Waals surface area contributed by atoms with Crippen LogP contribution in [0.5, 0.6) is 0 Å². The first-order valence-electron chi connectivity index (χ1n) is 5.65. The number of thioether (sulfide) groups is 1. The molecule has 1 unspecified atom stereocenters. The van der Waals surface area contributed by atoms with Crippen molar-refractivity contribution in [3.8, 4) is 0 Å². The van der Waals surface area contributed by atoms with E-state index < -0.39 is 0 Å². The van der Waals surface area contributed by atoms with Crippen molar-refractivity contribution < 1.29 is 0 Å². The van der Waals surface area contributed by atoms with E-state index in [0.29, 0.717) is 0 Å². The average Bonchev–Trinajstić information content (AvgIpc) is 2.97. The summed E-state index contributed by atoms with van der Waals surface area (Å²) < 4.78 is 0. The lowest BCUT2D eigenvalue weighted by Gasteiger charge is -2.18. The second kappa shape index (κ2) is 6.70. The Labute approximate surface area is 92.8 Å². The highest BCUT2D eigenvalue weighted by Crippen LogP contribution is 2.32. The highest BCUT2D eigenvalue weighted by molar-refractivity contribution is 7.98. The van der Waals surface area contributed by atoms with Crippen molar-refractivity contribution in [2.24, 2.45) is 5.92 Å². The third kappa shape index (κ3) is 5.23. The van der Waals surface area contributed by atoms with E-state index in [1.54, 1.807) is 0 Å². The molecule has 0 aromatic rings. The molecule has 2 nitrogen and oxygen atoms in total. The molecule has 1 rings (SSSR count). The smallest absolute Gasteiger partial charge is 0.0104 e. The summed E-state index contributed by atoms with van der Waals surface area (Å²) in [6, 6.07) is 0.740. The monoisotopic (exact) mass is 216 g/mol. The quantitative estimate of drug-likeness (QED) is 0.664. The number of likely N-dealkylation sites (N-methyl/N-ethyl adjacent to an activating group) is 1. The lowest BCUT2D eigenvalue weighted by Crippen LogP contribution is -2.36. The van der Waals surface area contributed by atoms with Gasteiger partial charge in [-0.25, -0.2) is 0 Å². The van der Waals surface area contributed by atoms with Gasteiger partial charge in [0.15, 0.2) is 0 Å². The number of hydrogen-bond acceptors (Lipinski definition) is 3. The van der Waals surface area contributed by atoms with E-state index in [4.69, 9.17) is 0 Å². The fourth-order valence-corrected chi connectivity index (χ4v) is 2.10. The summed E-state index contributed by atoms with van der Waals surface area (Å²) >= 11 is 1.92. The molecular formula is C11H24N2S. The molecule has 1 aliphatic rings. The van der Waals surface area contributed by atoms with E-state index in [0.717, 1.165) is 18.5 Å². The Morgan fingerprint density at radius 2 is 2.14 bits per heavy atom. The Kier molecular flexibility index (Phi) is 5.90. The Morgan fingerprint density at radius 3 is 2.71 bits per heavy atom. The molecule has 14 heavy (non-hydrogen) atoms. The first kappa shape index (κ1) is 12.3. The normalized spacial score (nSPS) is 18.9. The first-order valence-corrected chi connectivity index (χ1v) is 7.04. The van der Waals surface area contributed by atoms with Gasteiger partial charge in [-0.3, -0.25) is 0 Å². The second-order valence-electron chi connectivity index (χ2n) is 4.38. The lowest BCUT2D eigenvalue weighted by atomic mass is 10.2. The molecule has 0 radical (unpaired) electrons. The molecule has 0 bridgehead atoms. The van der Waals surface area contributed by atoms with Crippen LogP contribution in [0.2, 0.25) is 0 Å². The number of nitrogens with zero attached hydrogens (tertiary/aromatic N) is 1. The molecule has 84 valence electrons. The predicted octanol–water partition coefficient (Wildman–Crippen LogP) is 1.67. The summed E-state index contributed by atoms with van der Waals surface area (Å²) in [5.41, 5.74) is 0. The standard InChI is InChI=1S/C11H24N2S/c1-10(11-4-5-11)12-6-7-13(2)8-9-14-3/h10-12H,4-9H2,1-3H3. The minimum Gasteiger partial charge on any atom is -0.313 e. The van der Waals surface area contributed by atoms with Crippen LogP contribution in [0.25, 0.3) is 0 Å². The van der Waals surface area contributed by atoms with Crippen LogP contribution >= 0.6 is 11.8 Å². The summed E-state index contributed by atoms with van der Waals surface area (Å²) in [5.74, 6) is 2.22. The number of rotatable bonds is 8. The van der Waals surface area contributed by atoms with Crippen LogP contribution in [0.15, 0.2) is 0 Å². The van der Waals surface area contributed by atoms with Crippen LogP contribution in [-0.4, -0.2) is 49.6 Å². The maximum absolute atomic E-state index is 3.60. The Balaban J connectivity index is 1.91. The molecule has 1 fully saturated rings. The molecule has 0 spiro atoms. The van der Waals surface area contributed by atoms with Crippen molar-refractivity contribution in [1.29, 1.82) is 0 Å². The van der Waals surface area contributed by atoms with Gasteiger partial charge in [-0.2, -0.15) is 11.8 Å². The fourth-order valence-electron chi connectivity index (χ4n) is 1.60. The molecular weight excluding hydrogens is 192 g/mol. The first-order chi connectivity index (χ1) is 6.74. The van der Waals surface area contributed by atoms with Gasteiger partial charge in [0, 0.05) is 31.4 Å². The molecule has 1 atom stereocenters. The summed E-state index contributed by atoms with van der Waals surface area (Å²) in [6.45, 7) is 5.85. The summed E-state index contributed by atoms with van der Waals surface area (Å²) in [7, 11) is 2.21. The van der Waals surface area contributed by atoms with Crippen molar-refractivity contribution in [3.05, 3.63) is 0 Å². The third-order valence-electron chi connectivity index (χ3n) is 2.97. The van der Waals surface area contributed by atoms with Gasteiger partial charge in [0.2, 0.25) is 0 Å². The van der Waals surface area contributed by atoms with E-state index in [1.165, 1.54) is 31.7 Å². The van der Waals surface area contributed by atoms with Gasteiger partial charge in [-0.15, -0.1) is 0 Å². The highest BCUT2D eigenvalue weighted by atomic mass is 32.2. The molecule has 1 saturated carbocycles. The minimum absolute atomic E-state index is 0.740. The topological polar surface area (TPSA) is 15.3 Å². The van der Waals surface area contributed by atoms with Crippen LogP contribution < -0.4 is 5.32 Å². The van der Waals surface area contributed by atoms with Crippen LogP contribution in [0.1, 0.15) is 19.8 Å². The Morgan fingerprint density at radius 1 is 1.43 bits per heavy atom. The van der Waals surface area contributed by atoms with Crippen molar-refractivity contribution in [1.82, 2.24) is 10.2 Å². The minimum atomic E-state index is 0.740. The maximum atomic E-state index is 3.60. The van der Waals surface area contributed by atoms with Gasteiger partial charge >= 0.3 is 0 Å².